The molecule has 0 N–H and O–H groups in total. The minimum Gasteiger partial charge on any atom is -0.303 e. The number of rotatable bonds is 5. The lowest BCUT2D eigenvalue weighted by molar-refractivity contribution is -0.107. The highest BCUT2D eigenvalue weighted by atomic mass is 79.9. The van der Waals surface area contributed by atoms with Crippen molar-refractivity contribution in [2.24, 2.45) is 0 Å². The highest BCUT2D eigenvalue weighted by molar-refractivity contribution is 9.10. The SMILES string of the molecule is O=CCc1ccc(Br)cc1SCc1ccccc1. The van der Waals surface area contributed by atoms with Crippen molar-refractivity contribution in [1.82, 2.24) is 0 Å². The van der Waals surface area contributed by atoms with E-state index in [1.165, 1.54) is 10.5 Å². The van der Waals surface area contributed by atoms with Crippen molar-refractivity contribution >= 4 is 34.0 Å². The number of carbonyl (C=O) groups excluding carboxylic acids is 1. The highest BCUT2D eigenvalue weighted by Crippen LogP contribution is 2.29. The van der Waals surface area contributed by atoms with Crippen molar-refractivity contribution in [2.45, 2.75) is 17.1 Å². The van der Waals surface area contributed by atoms with Crippen molar-refractivity contribution in [3.05, 3.63) is 64.1 Å². The number of hydrogen-bond donors (Lipinski definition) is 0. The highest BCUT2D eigenvalue weighted by Gasteiger charge is 2.04. The van der Waals surface area contributed by atoms with Crippen LogP contribution in [0.1, 0.15) is 11.1 Å². The first-order valence-electron chi connectivity index (χ1n) is 5.68. The monoisotopic (exact) mass is 320 g/mol. The summed E-state index contributed by atoms with van der Waals surface area (Å²) < 4.78 is 1.05. The Bertz CT molecular complexity index is 525. The second kappa shape index (κ2) is 6.76. The van der Waals surface area contributed by atoms with Gasteiger partial charge >= 0.3 is 0 Å². The van der Waals surface area contributed by atoms with Gasteiger partial charge in [0.15, 0.2) is 0 Å². The normalized spacial score (nSPS) is 10.3. The molecule has 2 aromatic carbocycles. The second-order valence-electron chi connectivity index (χ2n) is 3.90. The molecule has 0 aliphatic heterocycles. The molecule has 2 aromatic rings. The Morgan fingerprint density at radius 3 is 2.61 bits per heavy atom. The van der Waals surface area contributed by atoms with Gasteiger partial charge < -0.3 is 4.79 Å². The van der Waals surface area contributed by atoms with E-state index in [4.69, 9.17) is 0 Å². The number of halogens is 1. The van der Waals surface area contributed by atoms with E-state index in [0.717, 1.165) is 22.1 Å². The molecule has 0 saturated carbocycles. The molecule has 3 heteroatoms. The van der Waals surface area contributed by atoms with Crippen molar-refractivity contribution in [2.75, 3.05) is 0 Å². The van der Waals surface area contributed by atoms with Crippen LogP contribution < -0.4 is 0 Å². The third kappa shape index (κ3) is 3.72. The van der Waals surface area contributed by atoms with Crippen LogP contribution in [0.5, 0.6) is 0 Å². The van der Waals surface area contributed by atoms with Gasteiger partial charge in [0.1, 0.15) is 6.29 Å². The molecule has 0 fully saturated rings. The molecule has 0 amide bonds. The van der Waals surface area contributed by atoms with Crippen LogP contribution in [-0.2, 0) is 17.0 Å². The van der Waals surface area contributed by atoms with E-state index in [1.807, 2.05) is 30.3 Å². The average molecular weight is 321 g/mol. The van der Waals surface area contributed by atoms with Gasteiger partial charge in [-0.1, -0.05) is 52.3 Å². The van der Waals surface area contributed by atoms with Crippen molar-refractivity contribution in [3.63, 3.8) is 0 Å². The minimum absolute atomic E-state index is 0.477. The number of aldehydes is 1. The summed E-state index contributed by atoms with van der Waals surface area (Å²) in [5, 5.41) is 0. The van der Waals surface area contributed by atoms with Crippen molar-refractivity contribution in [1.29, 1.82) is 0 Å². The molecule has 0 aromatic heterocycles. The number of thioether (sulfide) groups is 1. The average Bonchev–Trinajstić information content (AvgIpc) is 2.40. The van der Waals surface area contributed by atoms with Gasteiger partial charge in [0.2, 0.25) is 0 Å². The number of benzene rings is 2. The fourth-order valence-corrected chi connectivity index (χ4v) is 3.23. The first-order valence-corrected chi connectivity index (χ1v) is 7.46. The van der Waals surface area contributed by atoms with Crippen LogP contribution >= 0.6 is 27.7 Å². The van der Waals surface area contributed by atoms with Gasteiger partial charge in [-0.05, 0) is 23.3 Å². The Balaban J connectivity index is 2.12. The predicted octanol–water partition coefficient (Wildman–Crippen LogP) is 4.48. The predicted molar refractivity (Wildman–Crippen MR) is 79.9 cm³/mol. The molecule has 0 bridgehead atoms. The third-order valence-corrected chi connectivity index (χ3v) is 4.23. The maximum atomic E-state index is 10.7. The molecule has 0 unspecified atom stereocenters. The first kappa shape index (κ1) is 13.4. The summed E-state index contributed by atoms with van der Waals surface area (Å²) in [6.07, 6.45) is 1.43. The van der Waals surface area contributed by atoms with Crippen LogP contribution in [0, 0.1) is 0 Å². The van der Waals surface area contributed by atoms with Gasteiger partial charge in [-0.25, -0.2) is 0 Å². The Hall–Kier alpha value is -1.06. The van der Waals surface area contributed by atoms with E-state index in [-0.39, 0.29) is 0 Å². The topological polar surface area (TPSA) is 17.1 Å². The molecule has 0 saturated heterocycles. The Kier molecular flexibility index (Phi) is 5.02. The molecule has 18 heavy (non-hydrogen) atoms. The van der Waals surface area contributed by atoms with Gasteiger partial charge in [-0.3, -0.25) is 0 Å². The van der Waals surface area contributed by atoms with Crippen LogP contribution in [0.2, 0.25) is 0 Å². The fourth-order valence-electron chi connectivity index (χ4n) is 1.66. The third-order valence-electron chi connectivity index (χ3n) is 2.57. The largest absolute Gasteiger partial charge is 0.303 e. The van der Waals surface area contributed by atoms with Gasteiger partial charge in [-0.15, -0.1) is 11.8 Å². The van der Waals surface area contributed by atoms with Crippen LogP contribution in [0.25, 0.3) is 0 Å². The fraction of sp³-hybridized carbons (Fsp3) is 0.133. The molecular weight excluding hydrogens is 308 g/mol. The number of carbonyl (C=O) groups is 1. The van der Waals surface area contributed by atoms with Crippen LogP contribution in [0.3, 0.4) is 0 Å². The van der Waals surface area contributed by atoms with E-state index < -0.39 is 0 Å². The van der Waals surface area contributed by atoms with Gasteiger partial charge in [0.25, 0.3) is 0 Å². The summed E-state index contributed by atoms with van der Waals surface area (Å²) in [6, 6.07) is 16.4. The molecular formula is C15H13BrOS. The zero-order valence-corrected chi connectivity index (χ0v) is 12.2. The van der Waals surface area contributed by atoms with E-state index in [0.29, 0.717) is 6.42 Å². The quantitative estimate of drug-likeness (QED) is 0.596. The van der Waals surface area contributed by atoms with E-state index in [2.05, 4.69) is 34.1 Å². The lowest BCUT2D eigenvalue weighted by Crippen LogP contribution is -1.90. The van der Waals surface area contributed by atoms with Crippen molar-refractivity contribution in [3.8, 4) is 0 Å². The molecule has 92 valence electrons. The zero-order chi connectivity index (χ0) is 12.8. The molecule has 2 rings (SSSR count). The summed E-state index contributed by atoms with van der Waals surface area (Å²) in [5.74, 6) is 0.920. The summed E-state index contributed by atoms with van der Waals surface area (Å²) in [6.45, 7) is 0. The van der Waals surface area contributed by atoms with Gasteiger partial charge in [0.05, 0.1) is 0 Å². The van der Waals surface area contributed by atoms with Gasteiger partial charge in [0, 0.05) is 21.5 Å². The summed E-state index contributed by atoms with van der Waals surface area (Å²) in [7, 11) is 0. The van der Waals surface area contributed by atoms with Crippen LogP contribution in [-0.4, -0.2) is 6.29 Å². The van der Waals surface area contributed by atoms with Crippen molar-refractivity contribution < 1.29 is 4.79 Å². The molecule has 1 nitrogen and oxygen atoms in total. The molecule has 0 aliphatic carbocycles. The van der Waals surface area contributed by atoms with E-state index >= 15 is 0 Å². The molecule has 0 radical (unpaired) electrons. The summed E-state index contributed by atoms with van der Waals surface area (Å²) >= 11 is 5.24. The lowest BCUT2D eigenvalue weighted by Gasteiger charge is -2.07. The maximum absolute atomic E-state index is 10.7. The lowest BCUT2D eigenvalue weighted by atomic mass is 10.2. The minimum atomic E-state index is 0.477. The summed E-state index contributed by atoms with van der Waals surface area (Å²) in [5.41, 5.74) is 2.38. The zero-order valence-electron chi connectivity index (χ0n) is 9.80. The van der Waals surface area contributed by atoms with Crippen LogP contribution in [0.15, 0.2) is 57.9 Å². The Morgan fingerprint density at radius 2 is 1.89 bits per heavy atom. The molecule has 0 atom stereocenters. The first-order chi connectivity index (χ1) is 8.79. The molecule has 0 heterocycles. The number of hydrogen-bond acceptors (Lipinski definition) is 2. The molecule has 0 aliphatic rings. The van der Waals surface area contributed by atoms with E-state index in [1.54, 1.807) is 11.8 Å². The summed E-state index contributed by atoms with van der Waals surface area (Å²) in [4.78, 5) is 11.8. The Morgan fingerprint density at radius 1 is 1.11 bits per heavy atom. The standard InChI is InChI=1S/C15H13BrOS/c16-14-7-6-13(8-9-17)15(10-14)18-11-12-4-2-1-3-5-12/h1-7,9-10H,8,11H2. The maximum Gasteiger partial charge on any atom is 0.124 e. The second-order valence-corrected chi connectivity index (χ2v) is 5.83. The Labute approximate surface area is 120 Å². The molecule has 0 spiro atoms. The van der Waals surface area contributed by atoms with Gasteiger partial charge in [-0.2, -0.15) is 0 Å². The van der Waals surface area contributed by atoms with Crippen LogP contribution in [0.4, 0.5) is 0 Å². The van der Waals surface area contributed by atoms with E-state index in [9.17, 15) is 4.79 Å². The smallest absolute Gasteiger partial charge is 0.124 e.